The Balaban J connectivity index is 1.17. The highest BCUT2D eigenvalue weighted by Crippen LogP contribution is 2.24. The Kier molecular flexibility index (Phi) is 5.36. The van der Waals surface area contributed by atoms with Gasteiger partial charge < -0.3 is 16.0 Å². The van der Waals surface area contributed by atoms with Crippen molar-refractivity contribution in [1.82, 2.24) is 15.5 Å². The van der Waals surface area contributed by atoms with E-state index >= 15 is 0 Å². The van der Waals surface area contributed by atoms with E-state index in [2.05, 4.69) is 68.6 Å². The minimum atomic E-state index is 0.569. The van der Waals surface area contributed by atoms with Gasteiger partial charge >= 0.3 is 0 Å². The summed E-state index contributed by atoms with van der Waals surface area (Å²) in [6.07, 6.45) is 6.78. The number of para-hydroxylation sites is 1. The maximum Gasteiger partial charge on any atom is 0.0651 e. The quantitative estimate of drug-likeness (QED) is 0.487. The summed E-state index contributed by atoms with van der Waals surface area (Å²) < 4.78 is 0. The number of hydrogen-bond acceptors (Lipinski definition) is 4. The van der Waals surface area contributed by atoms with Gasteiger partial charge in [-0.3, -0.25) is 5.10 Å². The molecule has 5 nitrogen and oxygen atoms in total. The molecule has 1 fully saturated rings. The van der Waals surface area contributed by atoms with E-state index in [1.54, 1.807) is 0 Å². The van der Waals surface area contributed by atoms with Gasteiger partial charge in [-0.05, 0) is 56.0 Å². The van der Waals surface area contributed by atoms with Crippen LogP contribution in [0.3, 0.4) is 0 Å². The highest BCUT2D eigenvalue weighted by atomic mass is 15.1. The zero-order valence-electron chi connectivity index (χ0n) is 15.0. The minimum absolute atomic E-state index is 0.569. The first-order valence-electron chi connectivity index (χ1n) is 9.59. The summed E-state index contributed by atoms with van der Waals surface area (Å²) in [6.45, 7) is 1.97. The molecular weight excluding hydrogens is 322 g/mol. The molecule has 1 heterocycles. The highest BCUT2D eigenvalue weighted by molar-refractivity contribution is 5.81. The Bertz CT molecular complexity index is 805. The lowest BCUT2D eigenvalue weighted by atomic mass is 9.91. The molecule has 1 aliphatic rings. The van der Waals surface area contributed by atoms with Gasteiger partial charge in [-0.2, -0.15) is 5.10 Å². The topological polar surface area (TPSA) is 64.8 Å². The third-order valence-electron chi connectivity index (χ3n) is 5.20. The zero-order valence-corrected chi connectivity index (χ0v) is 15.0. The molecule has 0 bridgehead atoms. The highest BCUT2D eigenvalue weighted by Gasteiger charge is 2.20. The Morgan fingerprint density at radius 3 is 2.54 bits per heavy atom. The van der Waals surface area contributed by atoms with E-state index in [0.29, 0.717) is 12.1 Å². The first kappa shape index (κ1) is 16.9. The van der Waals surface area contributed by atoms with E-state index in [1.165, 1.54) is 37.1 Å². The molecule has 4 rings (SSSR count). The molecule has 1 aliphatic carbocycles. The Hall–Kier alpha value is -2.53. The van der Waals surface area contributed by atoms with E-state index in [1.807, 2.05) is 12.3 Å². The van der Waals surface area contributed by atoms with Gasteiger partial charge in [0.25, 0.3) is 0 Å². The number of nitrogens with zero attached hydrogens (tertiary/aromatic N) is 1. The van der Waals surface area contributed by atoms with Crippen molar-refractivity contribution in [2.75, 3.05) is 23.7 Å². The van der Waals surface area contributed by atoms with Gasteiger partial charge in [0.05, 0.1) is 11.7 Å². The predicted octanol–water partition coefficient (Wildman–Crippen LogP) is 3.99. The lowest BCUT2D eigenvalue weighted by Gasteiger charge is -2.30. The van der Waals surface area contributed by atoms with Crippen molar-refractivity contribution in [3.8, 4) is 0 Å². The Morgan fingerprint density at radius 2 is 1.69 bits per heavy atom. The predicted molar refractivity (Wildman–Crippen MR) is 109 cm³/mol. The Labute approximate surface area is 154 Å². The van der Waals surface area contributed by atoms with Crippen molar-refractivity contribution in [3.05, 3.63) is 54.7 Å². The van der Waals surface area contributed by atoms with Crippen molar-refractivity contribution in [2.24, 2.45) is 0 Å². The largest absolute Gasteiger partial charge is 0.384 e. The fourth-order valence-corrected chi connectivity index (χ4v) is 3.75. The van der Waals surface area contributed by atoms with Crippen LogP contribution >= 0.6 is 0 Å². The summed E-state index contributed by atoms with van der Waals surface area (Å²) in [5.74, 6) is 0. The molecule has 1 aromatic heterocycles. The summed E-state index contributed by atoms with van der Waals surface area (Å²) in [6, 6.07) is 18.0. The fourth-order valence-electron chi connectivity index (χ4n) is 3.75. The first-order valence-corrected chi connectivity index (χ1v) is 9.59. The summed E-state index contributed by atoms with van der Waals surface area (Å²) in [5, 5.41) is 19.1. The van der Waals surface area contributed by atoms with Crippen LogP contribution in [0.4, 0.5) is 11.4 Å². The normalized spacial score (nSPS) is 20.2. The van der Waals surface area contributed by atoms with Crippen LogP contribution in [0.1, 0.15) is 25.7 Å². The molecule has 1 saturated carbocycles. The van der Waals surface area contributed by atoms with Crippen LogP contribution < -0.4 is 16.0 Å². The molecule has 5 heteroatoms. The molecule has 26 heavy (non-hydrogen) atoms. The number of H-pyrrole nitrogens is 1. The van der Waals surface area contributed by atoms with Crippen molar-refractivity contribution in [2.45, 2.75) is 37.8 Å². The molecule has 0 unspecified atom stereocenters. The van der Waals surface area contributed by atoms with Crippen molar-refractivity contribution in [3.63, 3.8) is 0 Å². The van der Waals surface area contributed by atoms with Gasteiger partial charge in [-0.25, -0.2) is 0 Å². The van der Waals surface area contributed by atoms with Crippen LogP contribution in [0.5, 0.6) is 0 Å². The molecule has 0 atom stereocenters. The monoisotopic (exact) mass is 349 g/mol. The second-order valence-corrected chi connectivity index (χ2v) is 7.11. The third-order valence-corrected chi connectivity index (χ3v) is 5.20. The molecule has 0 aliphatic heterocycles. The van der Waals surface area contributed by atoms with Gasteiger partial charge in [-0.1, -0.05) is 18.2 Å². The van der Waals surface area contributed by atoms with Crippen LogP contribution in [-0.4, -0.2) is 35.4 Å². The number of anilines is 2. The summed E-state index contributed by atoms with van der Waals surface area (Å²) in [4.78, 5) is 0. The van der Waals surface area contributed by atoms with E-state index in [-0.39, 0.29) is 0 Å². The van der Waals surface area contributed by atoms with Crippen LogP contribution in [0, 0.1) is 0 Å². The fraction of sp³-hybridized carbons (Fsp3) is 0.381. The first-order chi connectivity index (χ1) is 12.9. The van der Waals surface area contributed by atoms with Crippen LogP contribution in [0.15, 0.2) is 54.7 Å². The molecule has 0 spiro atoms. The molecule has 0 amide bonds. The number of nitrogens with one attached hydrogen (secondary N) is 4. The summed E-state index contributed by atoms with van der Waals surface area (Å²) >= 11 is 0. The Morgan fingerprint density at radius 1 is 0.885 bits per heavy atom. The van der Waals surface area contributed by atoms with Crippen LogP contribution in [-0.2, 0) is 0 Å². The van der Waals surface area contributed by atoms with Crippen molar-refractivity contribution in [1.29, 1.82) is 0 Å². The lowest BCUT2D eigenvalue weighted by molar-refractivity contribution is 0.358. The van der Waals surface area contributed by atoms with Gasteiger partial charge in [0.1, 0.15) is 0 Å². The van der Waals surface area contributed by atoms with E-state index in [9.17, 15) is 0 Å². The number of aromatic amines is 1. The second-order valence-electron chi connectivity index (χ2n) is 7.11. The maximum absolute atomic E-state index is 4.09. The van der Waals surface area contributed by atoms with E-state index in [0.717, 1.165) is 24.0 Å². The molecule has 136 valence electrons. The molecular formula is C21H27N5. The zero-order chi connectivity index (χ0) is 17.6. The second kappa shape index (κ2) is 8.23. The van der Waals surface area contributed by atoms with Crippen molar-refractivity contribution < 1.29 is 0 Å². The smallest absolute Gasteiger partial charge is 0.0651 e. The van der Waals surface area contributed by atoms with Crippen molar-refractivity contribution >= 4 is 22.3 Å². The number of fused-ring (bicyclic) bond motifs is 1. The number of hydrogen-bond donors (Lipinski definition) is 4. The van der Waals surface area contributed by atoms with Crippen LogP contribution in [0.2, 0.25) is 0 Å². The molecule has 3 aromatic rings. The number of benzene rings is 2. The van der Waals surface area contributed by atoms with Gasteiger partial charge in [0.15, 0.2) is 0 Å². The average Bonchev–Trinajstić information content (AvgIpc) is 3.15. The minimum Gasteiger partial charge on any atom is -0.384 e. The van der Waals surface area contributed by atoms with E-state index < -0.39 is 0 Å². The average molecular weight is 349 g/mol. The molecule has 0 radical (unpaired) electrons. The standard InChI is InChI=1S/C21H27N5/c1-2-4-17(5-3-1)22-12-13-23-18-6-8-19(9-7-18)25-20-10-11-21-16(14-20)15-24-26-21/h1-5,10-11,14-15,18-19,22-23,25H,6-9,12-13H2,(H,24,26)/t18-,19+. The third kappa shape index (κ3) is 4.35. The summed E-state index contributed by atoms with van der Waals surface area (Å²) in [5.41, 5.74) is 3.48. The number of aromatic nitrogens is 2. The number of rotatable bonds is 7. The molecule has 0 saturated heterocycles. The van der Waals surface area contributed by atoms with Gasteiger partial charge in [0.2, 0.25) is 0 Å². The maximum atomic E-state index is 4.09. The van der Waals surface area contributed by atoms with Gasteiger partial charge in [0, 0.05) is 41.9 Å². The lowest BCUT2D eigenvalue weighted by Crippen LogP contribution is -2.38. The summed E-state index contributed by atoms with van der Waals surface area (Å²) in [7, 11) is 0. The van der Waals surface area contributed by atoms with E-state index in [4.69, 9.17) is 0 Å². The SMILES string of the molecule is c1ccc(NCCN[C@H]2CC[C@@H](Nc3ccc4[nH]ncc4c3)CC2)cc1. The van der Waals surface area contributed by atoms with Gasteiger partial charge in [-0.15, -0.1) is 0 Å². The molecule has 4 N–H and O–H groups in total. The molecule has 2 aromatic carbocycles. The van der Waals surface area contributed by atoms with Crippen LogP contribution in [0.25, 0.3) is 10.9 Å².